The molecule has 0 saturated carbocycles. The Bertz CT molecular complexity index is 1070. The lowest BCUT2D eigenvalue weighted by atomic mass is 10.0. The van der Waals surface area contributed by atoms with Crippen molar-refractivity contribution in [3.8, 4) is 0 Å². The first-order valence-corrected chi connectivity index (χ1v) is 9.57. The van der Waals surface area contributed by atoms with Crippen LogP contribution in [0, 0.1) is 0 Å². The van der Waals surface area contributed by atoms with Crippen molar-refractivity contribution in [3.05, 3.63) is 71.9 Å². The Labute approximate surface area is 174 Å². The van der Waals surface area contributed by atoms with Crippen LogP contribution in [0.15, 0.2) is 60.8 Å². The van der Waals surface area contributed by atoms with Gasteiger partial charge in [0.2, 0.25) is 0 Å². The Morgan fingerprint density at radius 2 is 1.67 bits per heavy atom. The number of rotatable bonds is 5. The summed E-state index contributed by atoms with van der Waals surface area (Å²) in [7, 11) is 0. The zero-order chi connectivity index (χ0) is 21.9. The molecule has 0 saturated heterocycles. The number of nitrogens with zero attached hydrogens (tertiary/aromatic N) is 1. The van der Waals surface area contributed by atoms with Gasteiger partial charge >= 0.3 is 12.1 Å². The number of carboxylic acids is 1. The molecule has 7 heteroatoms. The number of benzene rings is 2. The molecular weight excluding hydrogens is 384 g/mol. The molecule has 0 unspecified atom stereocenters. The summed E-state index contributed by atoms with van der Waals surface area (Å²) in [5.74, 6) is -2.02. The maximum absolute atomic E-state index is 13.2. The van der Waals surface area contributed by atoms with Gasteiger partial charge < -0.3 is 14.8 Å². The van der Waals surface area contributed by atoms with Gasteiger partial charge in [-0.15, -0.1) is 0 Å². The number of imide groups is 1. The number of ether oxygens (including phenoxy) is 1. The van der Waals surface area contributed by atoms with Crippen molar-refractivity contribution in [2.75, 3.05) is 0 Å². The SMILES string of the molecule is CC(C)(C)OC(=O)N(C(=O)c1ccccc1)[C@@H](Cc1c[nH]c2ccccc12)C(=O)O. The Kier molecular flexibility index (Phi) is 5.91. The van der Waals surface area contributed by atoms with E-state index in [1.807, 2.05) is 24.3 Å². The minimum absolute atomic E-state index is 0.0584. The lowest BCUT2D eigenvalue weighted by Crippen LogP contribution is -2.51. The van der Waals surface area contributed by atoms with Crippen LogP contribution in [0.3, 0.4) is 0 Å². The van der Waals surface area contributed by atoms with Crippen LogP contribution in [0.1, 0.15) is 36.7 Å². The lowest BCUT2D eigenvalue weighted by Gasteiger charge is -2.30. The van der Waals surface area contributed by atoms with Crippen LogP contribution in [0.5, 0.6) is 0 Å². The fourth-order valence-electron chi connectivity index (χ4n) is 3.18. The quantitative estimate of drug-likeness (QED) is 0.658. The highest BCUT2D eigenvalue weighted by atomic mass is 16.6. The smallest absolute Gasteiger partial charge is 0.418 e. The van der Waals surface area contributed by atoms with Crippen molar-refractivity contribution < 1.29 is 24.2 Å². The predicted molar refractivity (Wildman–Crippen MR) is 112 cm³/mol. The lowest BCUT2D eigenvalue weighted by molar-refractivity contribution is -0.142. The standard InChI is InChI=1S/C23H24N2O5/c1-23(2,3)30-22(29)25(20(26)15-9-5-4-6-10-15)19(21(27)28)13-16-14-24-18-12-8-7-11-17(16)18/h4-12,14,19,24H,13H2,1-3H3,(H,27,28)/t19-/m0/s1. The van der Waals surface area contributed by atoms with E-state index in [0.29, 0.717) is 10.5 Å². The average Bonchev–Trinajstić information content (AvgIpc) is 3.09. The second-order valence-corrected chi connectivity index (χ2v) is 7.94. The van der Waals surface area contributed by atoms with Crippen LogP contribution in [-0.2, 0) is 16.0 Å². The minimum atomic E-state index is -1.44. The molecular formula is C23H24N2O5. The minimum Gasteiger partial charge on any atom is -0.480 e. The molecule has 0 bridgehead atoms. The number of carbonyl (C=O) groups excluding carboxylic acids is 2. The van der Waals surface area contributed by atoms with Crippen molar-refractivity contribution in [1.29, 1.82) is 0 Å². The number of aromatic nitrogens is 1. The Balaban J connectivity index is 2.02. The maximum Gasteiger partial charge on any atom is 0.418 e. The molecule has 156 valence electrons. The van der Waals surface area contributed by atoms with Gasteiger partial charge in [0.15, 0.2) is 0 Å². The molecule has 2 amide bonds. The van der Waals surface area contributed by atoms with E-state index in [1.165, 1.54) is 12.1 Å². The number of carboxylic acid groups (broad SMARTS) is 1. The third-order valence-electron chi connectivity index (χ3n) is 4.51. The van der Waals surface area contributed by atoms with Crippen LogP contribution in [0.25, 0.3) is 10.9 Å². The molecule has 0 radical (unpaired) electrons. The molecule has 0 aliphatic rings. The predicted octanol–water partition coefficient (Wildman–Crippen LogP) is 4.24. The third kappa shape index (κ3) is 4.68. The number of H-pyrrole nitrogens is 1. The van der Waals surface area contributed by atoms with Gasteiger partial charge in [0.05, 0.1) is 0 Å². The molecule has 0 aliphatic carbocycles. The van der Waals surface area contributed by atoms with E-state index in [1.54, 1.807) is 45.2 Å². The summed E-state index contributed by atoms with van der Waals surface area (Å²) < 4.78 is 5.38. The van der Waals surface area contributed by atoms with Gasteiger partial charge in [-0.05, 0) is 44.5 Å². The summed E-state index contributed by atoms with van der Waals surface area (Å²) in [6.45, 7) is 4.97. The van der Waals surface area contributed by atoms with Gasteiger partial charge in [0.25, 0.3) is 5.91 Å². The number of carbonyl (C=O) groups is 3. The van der Waals surface area contributed by atoms with Crippen molar-refractivity contribution >= 4 is 28.9 Å². The van der Waals surface area contributed by atoms with Gasteiger partial charge in [0.1, 0.15) is 11.6 Å². The fraction of sp³-hybridized carbons (Fsp3) is 0.261. The van der Waals surface area contributed by atoms with Gasteiger partial charge in [-0.1, -0.05) is 36.4 Å². The van der Waals surface area contributed by atoms with E-state index < -0.39 is 29.6 Å². The van der Waals surface area contributed by atoms with Gasteiger partial charge in [-0.2, -0.15) is 0 Å². The van der Waals surface area contributed by atoms with Crippen LogP contribution < -0.4 is 0 Å². The number of para-hydroxylation sites is 1. The van der Waals surface area contributed by atoms with Crippen LogP contribution in [0.2, 0.25) is 0 Å². The molecule has 3 aromatic rings. The first kappa shape index (κ1) is 21.1. The number of aliphatic carboxylic acids is 1. The van der Waals surface area contributed by atoms with Crippen LogP contribution in [-0.4, -0.2) is 44.6 Å². The highest BCUT2D eigenvalue weighted by molar-refractivity contribution is 6.05. The zero-order valence-corrected chi connectivity index (χ0v) is 17.1. The zero-order valence-electron chi connectivity index (χ0n) is 17.1. The number of amides is 2. The summed E-state index contributed by atoms with van der Waals surface area (Å²) in [5, 5.41) is 10.8. The fourth-order valence-corrected chi connectivity index (χ4v) is 3.18. The summed E-state index contributed by atoms with van der Waals surface area (Å²) in [6, 6.07) is 14.1. The molecule has 0 fully saturated rings. The molecule has 3 rings (SSSR count). The Morgan fingerprint density at radius 1 is 1.03 bits per heavy atom. The number of fused-ring (bicyclic) bond motifs is 1. The summed E-state index contributed by atoms with van der Waals surface area (Å²) in [5.41, 5.74) is 0.839. The van der Waals surface area contributed by atoms with E-state index in [0.717, 1.165) is 10.9 Å². The summed E-state index contributed by atoms with van der Waals surface area (Å²) in [4.78, 5) is 42.1. The number of aromatic amines is 1. The van der Waals surface area contributed by atoms with Crippen molar-refractivity contribution in [2.45, 2.75) is 38.8 Å². The summed E-state index contributed by atoms with van der Waals surface area (Å²) in [6.07, 6.45) is 0.640. The molecule has 0 spiro atoms. The van der Waals surface area contributed by atoms with Gasteiger partial charge in [0, 0.05) is 29.1 Å². The van der Waals surface area contributed by atoms with E-state index >= 15 is 0 Å². The molecule has 2 aromatic carbocycles. The number of hydrogen-bond acceptors (Lipinski definition) is 4. The highest BCUT2D eigenvalue weighted by Gasteiger charge is 2.38. The molecule has 0 aliphatic heterocycles. The number of hydrogen-bond donors (Lipinski definition) is 2. The Hall–Kier alpha value is -3.61. The molecule has 1 atom stereocenters. The summed E-state index contributed by atoms with van der Waals surface area (Å²) >= 11 is 0. The topological polar surface area (TPSA) is 99.7 Å². The molecule has 7 nitrogen and oxygen atoms in total. The molecule has 30 heavy (non-hydrogen) atoms. The van der Waals surface area contributed by atoms with Gasteiger partial charge in [-0.3, -0.25) is 4.79 Å². The molecule has 1 heterocycles. The number of nitrogens with one attached hydrogen (secondary N) is 1. The van der Waals surface area contributed by atoms with E-state index in [4.69, 9.17) is 4.74 Å². The van der Waals surface area contributed by atoms with Crippen LogP contribution in [0.4, 0.5) is 4.79 Å². The van der Waals surface area contributed by atoms with Crippen molar-refractivity contribution in [2.24, 2.45) is 0 Å². The highest BCUT2D eigenvalue weighted by Crippen LogP contribution is 2.23. The van der Waals surface area contributed by atoms with Crippen LogP contribution >= 0.6 is 0 Å². The van der Waals surface area contributed by atoms with E-state index in [-0.39, 0.29) is 12.0 Å². The molecule has 2 N–H and O–H groups in total. The Morgan fingerprint density at radius 3 is 2.30 bits per heavy atom. The average molecular weight is 408 g/mol. The second-order valence-electron chi connectivity index (χ2n) is 7.94. The third-order valence-corrected chi connectivity index (χ3v) is 4.51. The van der Waals surface area contributed by atoms with E-state index in [9.17, 15) is 19.5 Å². The normalized spacial score (nSPS) is 12.4. The monoisotopic (exact) mass is 408 g/mol. The van der Waals surface area contributed by atoms with Crippen molar-refractivity contribution in [3.63, 3.8) is 0 Å². The molecule has 1 aromatic heterocycles. The van der Waals surface area contributed by atoms with E-state index in [2.05, 4.69) is 4.98 Å². The largest absolute Gasteiger partial charge is 0.480 e. The first-order chi connectivity index (χ1) is 14.2. The van der Waals surface area contributed by atoms with Crippen molar-refractivity contribution in [1.82, 2.24) is 9.88 Å². The van der Waals surface area contributed by atoms with Gasteiger partial charge in [-0.25, -0.2) is 14.5 Å². The maximum atomic E-state index is 13.2. The first-order valence-electron chi connectivity index (χ1n) is 9.57. The second kappa shape index (κ2) is 8.41.